The van der Waals surface area contributed by atoms with Gasteiger partial charge in [0.15, 0.2) is 69.9 Å². The van der Waals surface area contributed by atoms with Crippen LogP contribution >= 0.6 is 0 Å². The van der Waals surface area contributed by atoms with Crippen LogP contribution in [0.3, 0.4) is 0 Å². The molecule has 21 aromatic rings. The Labute approximate surface area is 714 Å². The van der Waals surface area contributed by atoms with Gasteiger partial charge < -0.3 is 14.4 Å². The fraction of sp³-hybridized carbons (Fsp3) is 0. The molecule has 124 heavy (non-hydrogen) atoms. The maximum Gasteiger partial charge on any atom is 0.252 e. The molecule has 5 aromatic heterocycles. The number of nitrogens with zero attached hydrogens (tertiary/aromatic N) is 15. The number of fused-ring (bicyclic) bond motifs is 7. The Morgan fingerprint density at radius 2 is 0.460 bits per heavy atom. The highest BCUT2D eigenvalue weighted by Gasteiger charge is 2.44. The molecule has 0 saturated heterocycles. The van der Waals surface area contributed by atoms with Crippen molar-refractivity contribution in [3.8, 4) is 153 Å². The van der Waals surface area contributed by atoms with Gasteiger partial charge in [-0.2, -0.15) is 0 Å². The molecule has 2 aliphatic heterocycles. The number of hydrogen-bond acceptors (Lipinski definition) is 14. The molecule has 16 aromatic carbocycles. The van der Waals surface area contributed by atoms with Crippen molar-refractivity contribution < 1.29 is 0 Å². The Balaban J connectivity index is 0.770. The first-order chi connectivity index (χ1) is 61.5. The second-order valence-corrected chi connectivity index (χ2v) is 30.7. The molecular formula is C108H68BN15. The third-order valence-electron chi connectivity index (χ3n) is 23.2. The Hall–Kier alpha value is -17.0. The minimum Gasteiger partial charge on any atom is -0.311 e. The maximum absolute atomic E-state index is 5.82. The smallest absolute Gasteiger partial charge is 0.252 e. The van der Waals surface area contributed by atoms with Gasteiger partial charge in [-0.15, -0.1) is 0 Å². The van der Waals surface area contributed by atoms with Gasteiger partial charge in [0.1, 0.15) is 0 Å². The van der Waals surface area contributed by atoms with Crippen molar-refractivity contribution in [2.75, 3.05) is 9.80 Å². The van der Waals surface area contributed by atoms with E-state index >= 15 is 0 Å². The second-order valence-electron chi connectivity index (χ2n) is 30.7. The number of benzene rings is 16. The summed E-state index contributed by atoms with van der Waals surface area (Å²) in [6.45, 7) is -0.107. The van der Waals surface area contributed by atoms with Gasteiger partial charge in [-0.3, -0.25) is 0 Å². The summed E-state index contributed by atoms with van der Waals surface area (Å²) in [7, 11) is 0. The normalized spacial score (nSPS) is 12.0. The van der Waals surface area contributed by atoms with Crippen molar-refractivity contribution >= 4 is 79.0 Å². The molecule has 0 amide bonds. The largest absolute Gasteiger partial charge is 0.311 e. The Morgan fingerprint density at radius 3 is 0.847 bits per heavy atom. The van der Waals surface area contributed by atoms with Gasteiger partial charge in [0, 0.05) is 112 Å². The number of rotatable bonds is 16. The zero-order valence-electron chi connectivity index (χ0n) is 66.5. The van der Waals surface area contributed by atoms with Crippen LogP contribution in [0.2, 0.25) is 0 Å². The van der Waals surface area contributed by atoms with E-state index < -0.39 is 0 Å². The lowest BCUT2D eigenvalue weighted by Gasteiger charge is -2.45. The molecular weight excluding hydrogens is 1520 g/mol. The Morgan fingerprint density at radius 1 is 0.177 bits per heavy atom. The van der Waals surface area contributed by atoms with E-state index in [9.17, 15) is 0 Å². The van der Waals surface area contributed by atoms with Gasteiger partial charge in [-0.25, -0.2) is 59.8 Å². The highest BCUT2D eigenvalue weighted by Crippen LogP contribution is 2.49. The maximum atomic E-state index is 5.82. The Kier molecular flexibility index (Phi) is 17.9. The van der Waals surface area contributed by atoms with Crippen LogP contribution in [-0.4, -0.2) is 71.1 Å². The van der Waals surface area contributed by atoms with Crippen molar-refractivity contribution in [3.05, 3.63) is 413 Å². The lowest BCUT2D eigenvalue weighted by Crippen LogP contribution is -2.61. The van der Waals surface area contributed by atoms with Gasteiger partial charge in [0.2, 0.25) is 0 Å². The first-order valence-electron chi connectivity index (χ1n) is 41.3. The number of aromatic nitrogens is 13. The highest BCUT2D eigenvalue weighted by atomic mass is 15.2. The fourth-order valence-corrected chi connectivity index (χ4v) is 17.4. The standard InChI is InChI=1S/C108H68BN15/c1-10-33-69(34-11-1)97-110-98(70-35-12-2-13-36-70)114-105(113-97)78-57-61-89-84(66-78)85-67-79(106-115-99(71-37-14-3-15-38-71)111-100(116-106)72-39-16-4-17-40-72)58-62-90(85)124(89)91-63-59-80(107-117-101(73-41-18-5-19-42-73)112-102(118-107)74-43-20-6-21-44-74)68-86(91)108-120-103(75-45-22-7-23-46-75)119-104(121-108)77-48-32-47-76(65-77)83-60-64-94-95-96(83)123(82-51-26-9-27-52-82)93-56-31-29-54-88(93)109(95)87-53-28-30-55-92(87)122(94)81-49-24-8-25-50-81/h1-68H. The van der Waals surface area contributed by atoms with E-state index in [1.54, 1.807) is 0 Å². The second kappa shape index (κ2) is 30.7. The van der Waals surface area contributed by atoms with E-state index in [4.69, 9.17) is 59.8 Å². The first kappa shape index (κ1) is 72.3. The molecule has 0 spiro atoms. The SMILES string of the molecule is c1ccc(-c2nc(-c3ccccc3)nc(-c3ccc(-n4c5ccc(-c6nc(-c7ccccc7)nc(-c7ccccc7)n6)cc5c5cc(-c6nc(-c7ccccc7)nc(-c7ccccc7)n6)ccc54)c(-c4nc(-c5ccccc5)nc(-c5cccc(-c6ccc7c8c6N(c6ccccc6)c6ccccc6B8c6ccccc6N7c6ccccc6)c5)n4)c3)n2)cc1. The van der Waals surface area contributed by atoms with Crippen LogP contribution in [0.15, 0.2) is 413 Å². The van der Waals surface area contributed by atoms with E-state index in [-0.39, 0.29) is 6.71 Å². The molecule has 0 radical (unpaired) electrons. The summed E-state index contributed by atoms with van der Waals surface area (Å²) in [5.41, 5.74) is 24.3. The zero-order valence-corrected chi connectivity index (χ0v) is 66.5. The monoisotopic (exact) mass is 1590 g/mol. The average molecular weight is 1590 g/mol. The summed E-state index contributed by atoms with van der Waals surface area (Å²) in [4.78, 5) is 69.3. The van der Waals surface area contributed by atoms with Crippen LogP contribution in [-0.2, 0) is 0 Å². The van der Waals surface area contributed by atoms with Crippen molar-refractivity contribution in [1.82, 2.24) is 64.4 Å². The third kappa shape index (κ3) is 13.1. The van der Waals surface area contributed by atoms with Crippen molar-refractivity contribution in [2.45, 2.75) is 0 Å². The van der Waals surface area contributed by atoms with Gasteiger partial charge >= 0.3 is 0 Å². The summed E-state index contributed by atoms with van der Waals surface area (Å²) >= 11 is 0. The topological polar surface area (TPSA) is 166 Å². The van der Waals surface area contributed by atoms with E-state index in [2.05, 4.69) is 227 Å². The van der Waals surface area contributed by atoms with Crippen molar-refractivity contribution in [2.24, 2.45) is 0 Å². The Bertz CT molecular complexity index is 7300. The van der Waals surface area contributed by atoms with Gasteiger partial charge in [-0.05, 0) is 125 Å². The van der Waals surface area contributed by atoms with Crippen molar-refractivity contribution in [1.29, 1.82) is 0 Å². The molecule has 0 bridgehead atoms. The van der Waals surface area contributed by atoms with Crippen LogP contribution < -0.4 is 26.2 Å². The predicted molar refractivity (Wildman–Crippen MR) is 499 cm³/mol. The molecule has 16 heteroatoms. The van der Waals surface area contributed by atoms with Crippen LogP contribution in [0, 0.1) is 0 Å². The van der Waals surface area contributed by atoms with E-state index in [0.717, 1.165) is 128 Å². The summed E-state index contributed by atoms with van der Waals surface area (Å²) in [6, 6.07) is 142. The van der Waals surface area contributed by atoms with Crippen LogP contribution in [0.1, 0.15) is 0 Å². The molecule has 15 nitrogen and oxygen atoms in total. The quantitative estimate of drug-likeness (QED) is 0.0839. The highest BCUT2D eigenvalue weighted by molar-refractivity contribution is 7.00. The third-order valence-corrected chi connectivity index (χ3v) is 23.2. The van der Waals surface area contributed by atoms with Crippen LogP contribution in [0.25, 0.3) is 175 Å². The summed E-state index contributed by atoms with van der Waals surface area (Å²) in [6.07, 6.45) is 0. The van der Waals surface area contributed by atoms with Crippen molar-refractivity contribution in [3.63, 3.8) is 0 Å². The number of para-hydroxylation sites is 4. The molecule has 0 fully saturated rings. The molecule has 0 unspecified atom stereocenters. The lowest BCUT2D eigenvalue weighted by molar-refractivity contribution is 1.06. The van der Waals surface area contributed by atoms with Gasteiger partial charge in [0.25, 0.3) is 6.71 Å². The average Bonchev–Trinajstić information content (AvgIpc) is 0.851. The molecule has 0 saturated carbocycles. The summed E-state index contributed by atoms with van der Waals surface area (Å²) in [5.74, 6) is 6.00. The molecule has 0 aliphatic carbocycles. The first-order valence-corrected chi connectivity index (χ1v) is 41.3. The molecule has 0 N–H and O–H groups in total. The number of hydrogen-bond donors (Lipinski definition) is 0. The van der Waals surface area contributed by atoms with Crippen LogP contribution in [0.5, 0.6) is 0 Å². The molecule has 0 atom stereocenters. The fourth-order valence-electron chi connectivity index (χ4n) is 17.4. The molecule has 7 heterocycles. The van der Waals surface area contributed by atoms with Gasteiger partial charge in [0.05, 0.1) is 22.4 Å². The van der Waals surface area contributed by atoms with Crippen LogP contribution in [0.4, 0.5) is 34.1 Å². The molecule has 23 rings (SSSR count). The summed E-state index contributed by atoms with van der Waals surface area (Å²) in [5, 5.41) is 1.78. The zero-order chi connectivity index (χ0) is 82.0. The lowest BCUT2D eigenvalue weighted by atomic mass is 9.33. The molecule has 2 aliphatic rings. The van der Waals surface area contributed by atoms with E-state index in [1.807, 2.05) is 200 Å². The minimum absolute atomic E-state index is 0.107. The van der Waals surface area contributed by atoms with E-state index in [1.165, 1.54) is 16.4 Å². The van der Waals surface area contributed by atoms with Gasteiger partial charge in [-0.1, -0.05) is 309 Å². The van der Waals surface area contributed by atoms with E-state index in [0.29, 0.717) is 81.0 Å². The molecule has 578 valence electrons. The predicted octanol–water partition coefficient (Wildman–Crippen LogP) is 23.3. The minimum atomic E-state index is -0.107. The number of anilines is 6. The summed E-state index contributed by atoms with van der Waals surface area (Å²) < 4.78 is 2.31.